The zero-order chi connectivity index (χ0) is 20.8. The number of amides is 2. The third-order valence-corrected chi connectivity index (χ3v) is 5.14. The lowest BCUT2D eigenvalue weighted by Crippen LogP contribution is -2.46. The predicted octanol–water partition coefficient (Wildman–Crippen LogP) is 3.08. The molecule has 7 heteroatoms. The van der Waals surface area contributed by atoms with Gasteiger partial charge in [-0.25, -0.2) is 4.79 Å². The molecule has 29 heavy (non-hydrogen) atoms. The highest BCUT2D eigenvalue weighted by molar-refractivity contribution is 5.77. The summed E-state index contributed by atoms with van der Waals surface area (Å²) >= 11 is 0. The number of rotatable bonds is 6. The third kappa shape index (κ3) is 4.62. The van der Waals surface area contributed by atoms with Crippen LogP contribution in [0.3, 0.4) is 0 Å². The standard InChI is InChI=1S/C22H26N2O5/c1-27-19-11-16-9-10-24(22(26)23-14-15-7-5-4-6-8-15)18(13-21(25)29-3)17(16)12-20(19)28-2/h4-8,11-12,18H,9-10,13-14H2,1-3H3,(H,23,26)/t18-/m0/s1. The molecule has 3 rings (SSSR count). The molecule has 0 saturated heterocycles. The average molecular weight is 398 g/mol. The topological polar surface area (TPSA) is 77.1 Å². The second-order valence-corrected chi connectivity index (χ2v) is 6.79. The summed E-state index contributed by atoms with van der Waals surface area (Å²) in [5.74, 6) is 0.816. The van der Waals surface area contributed by atoms with E-state index in [1.165, 1.54) is 7.11 Å². The van der Waals surface area contributed by atoms with Crippen LogP contribution in [0.5, 0.6) is 11.5 Å². The van der Waals surface area contributed by atoms with E-state index in [4.69, 9.17) is 14.2 Å². The van der Waals surface area contributed by atoms with E-state index in [1.54, 1.807) is 19.1 Å². The molecule has 1 aliphatic heterocycles. The maximum atomic E-state index is 12.9. The maximum absolute atomic E-state index is 12.9. The Balaban J connectivity index is 1.87. The Bertz CT molecular complexity index is 869. The van der Waals surface area contributed by atoms with Gasteiger partial charge in [-0.3, -0.25) is 4.79 Å². The first-order valence-corrected chi connectivity index (χ1v) is 9.47. The summed E-state index contributed by atoms with van der Waals surface area (Å²) in [5.41, 5.74) is 2.91. The molecule has 2 amide bonds. The number of hydrogen-bond donors (Lipinski definition) is 1. The van der Waals surface area contributed by atoms with Gasteiger partial charge in [0.2, 0.25) is 0 Å². The van der Waals surface area contributed by atoms with Crippen molar-refractivity contribution in [2.75, 3.05) is 27.9 Å². The highest BCUT2D eigenvalue weighted by Crippen LogP contribution is 2.39. The molecule has 2 aromatic rings. The van der Waals surface area contributed by atoms with Crippen LogP contribution in [-0.2, 0) is 22.5 Å². The number of carbonyl (C=O) groups is 2. The minimum Gasteiger partial charge on any atom is -0.493 e. The predicted molar refractivity (Wildman–Crippen MR) is 108 cm³/mol. The second kappa shape index (κ2) is 9.32. The monoisotopic (exact) mass is 398 g/mol. The van der Waals surface area contributed by atoms with Crippen molar-refractivity contribution in [1.82, 2.24) is 10.2 Å². The normalized spacial score (nSPS) is 15.3. The van der Waals surface area contributed by atoms with Crippen molar-refractivity contribution >= 4 is 12.0 Å². The Labute approximate surface area is 170 Å². The van der Waals surface area contributed by atoms with Crippen molar-refractivity contribution in [2.45, 2.75) is 25.4 Å². The quantitative estimate of drug-likeness (QED) is 0.757. The lowest BCUT2D eigenvalue weighted by Gasteiger charge is -2.37. The Hall–Kier alpha value is -3.22. The first-order valence-electron chi connectivity index (χ1n) is 9.47. The van der Waals surface area contributed by atoms with Gasteiger partial charge in [0.15, 0.2) is 11.5 Å². The average Bonchev–Trinajstić information content (AvgIpc) is 2.77. The van der Waals surface area contributed by atoms with E-state index >= 15 is 0 Å². The Morgan fingerprint density at radius 2 is 1.76 bits per heavy atom. The molecule has 1 heterocycles. The largest absolute Gasteiger partial charge is 0.493 e. The molecule has 2 aromatic carbocycles. The Morgan fingerprint density at radius 1 is 1.07 bits per heavy atom. The maximum Gasteiger partial charge on any atom is 0.318 e. The lowest BCUT2D eigenvalue weighted by atomic mass is 9.90. The molecule has 154 valence electrons. The molecule has 7 nitrogen and oxygen atoms in total. The van der Waals surface area contributed by atoms with Gasteiger partial charge in [0.1, 0.15) is 0 Å². The summed E-state index contributed by atoms with van der Waals surface area (Å²) in [7, 11) is 4.50. The van der Waals surface area contributed by atoms with E-state index in [0.29, 0.717) is 31.0 Å². The van der Waals surface area contributed by atoms with Gasteiger partial charge in [-0.2, -0.15) is 0 Å². The van der Waals surface area contributed by atoms with Crippen LogP contribution in [0.4, 0.5) is 4.79 Å². The van der Waals surface area contributed by atoms with Crippen molar-refractivity contribution in [1.29, 1.82) is 0 Å². The summed E-state index contributed by atoms with van der Waals surface area (Å²) in [6, 6.07) is 12.8. The molecule has 0 spiro atoms. The number of esters is 1. The molecule has 0 unspecified atom stereocenters. The van der Waals surface area contributed by atoms with Gasteiger partial charge in [-0.1, -0.05) is 30.3 Å². The minimum absolute atomic E-state index is 0.0672. The smallest absolute Gasteiger partial charge is 0.318 e. The number of nitrogens with one attached hydrogen (secondary N) is 1. The van der Waals surface area contributed by atoms with Gasteiger partial charge in [-0.15, -0.1) is 0 Å². The summed E-state index contributed by atoms with van der Waals surface area (Å²) in [6.07, 6.45) is 0.726. The fourth-order valence-electron chi connectivity index (χ4n) is 3.61. The summed E-state index contributed by atoms with van der Waals surface area (Å²) in [5, 5.41) is 2.95. The Morgan fingerprint density at radius 3 is 2.41 bits per heavy atom. The first kappa shape index (κ1) is 20.5. The van der Waals surface area contributed by atoms with E-state index in [-0.39, 0.29) is 18.4 Å². The zero-order valence-corrected chi connectivity index (χ0v) is 16.9. The van der Waals surface area contributed by atoms with Crippen molar-refractivity contribution in [3.05, 3.63) is 59.2 Å². The Kier molecular flexibility index (Phi) is 6.59. The number of carbonyl (C=O) groups excluding carboxylic acids is 2. The van der Waals surface area contributed by atoms with Crippen LogP contribution in [0, 0.1) is 0 Å². The SMILES string of the molecule is COC(=O)C[C@H]1c2cc(OC)c(OC)cc2CCN1C(=O)NCc1ccccc1. The zero-order valence-electron chi connectivity index (χ0n) is 16.9. The van der Waals surface area contributed by atoms with Crippen LogP contribution < -0.4 is 14.8 Å². The molecular weight excluding hydrogens is 372 g/mol. The molecule has 0 radical (unpaired) electrons. The van der Waals surface area contributed by atoms with E-state index in [0.717, 1.165) is 16.7 Å². The summed E-state index contributed by atoms with van der Waals surface area (Å²) < 4.78 is 15.7. The fraction of sp³-hybridized carbons (Fsp3) is 0.364. The fourth-order valence-corrected chi connectivity index (χ4v) is 3.61. The molecule has 0 aromatic heterocycles. The van der Waals surface area contributed by atoms with Crippen LogP contribution in [0.15, 0.2) is 42.5 Å². The van der Waals surface area contributed by atoms with Crippen LogP contribution in [-0.4, -0.2) is 44.8 Å². The highest BCUT2D eigenvalue weighted by atomic mass is 16.5. The van der Waals surface area contributed by atoms with Crippen molar-refractivity contribution in [3.63, 3.8) is 0 Å². The highest BCUT2D eigenvalue weighted by Gasteiger charge is 2.34. The van der Waals surface area contributed by atoms with Gasteiger partial charge < -0.3 is 24.4 Å². The summed E-state index contributed by atoms with van der Waals surface area (Å²) in [6.45, 7) is 0.907. The molecule has 1 atom stereocenters. The third-order valence-electron chi connectivity index (χ3n) is 5.14. The van der Waals surface area contributed by atoms with Gasteiger partial charge in [0.05, 0.1) is 33.8 Å². The number of benzene rings is 2. The lowest BCUT2D eigenvalue weighted by molar-refractivity contribution is -0.141. The number of fused-ring (bicyclic) bond motifs is 1. The number of nitrogens with zero attached hydrogens (tertiary/aromatic N) is 1. The van der Waals surface area contributed by atoms with E-state index in [9.17, 15) is 9.59 Å². The number of hydrogen-bond acceptors (Lipinski definition) is 5. The van der Waals surface area contributed by atoms with Crippen LogP contribution in [0.1, 0.15) is 29.2 Å². The minimum atomic E-state index is -0.443. The number of ether oxygens (including phenoxy) is 3. The van der Waals surface area contributed by atoms with Gasteiger partial charge >= 0.3 is 12.0 Å². The van der Waals surface area contributed by atoms with Gasteiger partial charge in [-0.05, 0) is 35.2 Å². The molecular formula is C22H26N2O5. The molecule has 1 aliphatic rings. The second-order valence-electron chi connectivity index (χ2n) is 6.79. The van der Waals surface area contributed by atoms with Gasteiger partial charge in [0.25, 0.3) is 0 Å². The molecule has 1 N–H and O–H groups in total. The van der Waals surface area contributed by atoms with Crippen molar-refractivity contribution in [3.8, 4) is 11.5 Å². The van der Waals surface area contributed by atoms with Crippen molar-refractivity contribution < 1.29 is 23.8 Å². The summed E-state index contributed by atoms with van der Waals surface area (Å²) in [4.78, 5) is 26.7. The molecule has 0 bridgehead atoms. The van der Waals surface area contributed by atoms with Gasteiger partial charge in [0, 0.05) is 13.1 Å². The molecule has 0 aliphatic carbocycles. The number of methoxy groups -OCH3 is 3. The van der Waals surface area contributed by atoms with E-state index in [2.05, 4.69) is 5.32 Å². The van der Waals surface area contributed by atoms with E-state index < -0.39 is 6.04 Å². The molecule has 0 fully saturated rings. The van der Waals surface area contributed by atoms with Crippen LogP contribution in [0.2, 0.25) is 0 Å². The van der Waals surface area contributed by atoms with Crippen molar-refractivity contribution in [2.24, 2.45) is 0 Å². The van der Waals surface area contributed by atoms with E-state index in [1.807, 2.05) is 42.5 Å². The number of urea groups is 1. The first-order chi connectivity index (χ1) is 14.1. The van der Waals surface area contributed by atoms with Crippen LogP contribution >= 0.6 is 0 Å². The molecule has 0 saturated carbocycles. The van der Waals surface area contributed by atoms with Crippen LogP contribution in [0.25, 0.3) is 0 Å².